The Hall–Kier alpha value is -1.55. The molecule has 1 unspecified atom stereocenters. The second-order valence-electron chi connectivity index (χ2n) is 3.37. The van der Waals surface area contributed by atoms with Crippen molar-refractivity contribution in [2.24, 2.45) is 4.99 Å². The van der Waals surface area contributed by atoms with Gasteiger partial charge in [-0.1, -0.05) is 12.1 Å². The Morgan fingerprint density at radius 3 is 2.86 bits per heavy atom. The Kier molecular flexibility index (Phi) is 2.13. The second-order valence-corrected chi connectivity index (χ2v) is 3.37. The Bertz CT molecular complexity index is 387. The molecular formula is C10H13N3O. The lowest BCUT2D eigenvalue weighted by Crippen LogP contribution is -2.18. The maximum absolute atomic E-state index is 5.80. The summed E-state index contributed by atoms with van der Waals surface area (Å²) in [6.45, 7) is 3.85. The van der Waals surface area contributed by atoms with Crippen LogP contribution in [0.3, 0.4) is 0 Å². The van der Waals surface area contributed by atoms with Gasteiger partial charge in [-0.3, -0.25) is 0 Å². The van der Waals surface area contributed by atoms with Gasteiger partial charge in [0, 0.05) is 11.3 Å². The number of nitrogens with zero attached hydrogens (tertiary/aromatic N) is 1. The van der Waals surface area contributed by atoms with E-state index in [1.807, 2.05) is 32.0 Å². The van der Waals surface area contributed by atoms with Gasteiger partial charge in [0.1, 0.15) is 0 Å². The summed E-state index contributed by atoms with van der Waals surface area (Å²) in [5, 5.41) is 0. The van der Waals surface area contributed by atoms with Gasteiger partial charge in [-0.2, -0.15) is 0 Å². The number of aryl methyl sites for hydroxylation is 1. The van der Waals surface area contributed by atoms with Crippen LogP contribution in [0, 0.1) is 6.92 Å². The van der Waals surface area contributed by atoms with E-state index < -0.39 is 0 Å². The van der Waals surface area contributed by atoms with Gasteiger partial charge in [0.05, 0.1) is 0 Å². The van der Waals surface area contributed by atoms with Crippen LogP contribution in [0.25, 0.3) is 0 Å². The SMILES string of the molecule is Cc1ccc(C2=NC(C)ON2)cc1N. The number of anilines is 1. The van der Waals surface area contributed by atoms with Crippen molar-refractivity contribution < 1.29 is 4.84 Å². The first-order chi connectivity index (χ1) is 6.66. The standard InChI is InChI=1S/C10H13N3O/c1-6-3-4-8(5-9(6)11)10-12-7(2)14-13-10/h3-5,7H,11H2,1-2H3,(H,12,13). The maximum Gasteiger partial charge on any atom is 0.174 e. The molecule has 0 saturated heterocycles. The number of nitrogen functional groups attached to an aromatic ring is 1. The lowest BCUT2D eigenvalue weighted by molar-refractivity contribution is 0.0504. The molecule has 0 spiro atoms. The van der Waals surface area contributed by atoms with Crippen molar-refractivity contribution in [3.63, 3.8) is 0 Å². The van der Waals surface area contributed by atoms with Crippen LogP contribution in [0.15, 0.2) is 23.2 Å². The van der Waals surface area contributed by atoms with E-state index in [-0.39, 0.29) is 6.23 Å². The minimum absolute atomic E-state index is 0.132. The van der Waals surface area contributed by atoms with Crippen molar-refractivity contribution in [2.75, 3.05) is 5.73 Å². The Morgan fingerprint density at radius 2 is 2.29 bits per heavy atom. The van der Waals surface area contributed by atoms with E-state index in [1.165, 1.54) is 0 Å². The molecule has 1 aliphatic heterocycles. The Morgan fingerprint density at radius 1 is 1.50 bits per heavy atom. The summed E-state index contributed by atoms with van der Waals surface area (Å²) < 4.78 is 0. The van der Waals surface area contributed by atoms with E-state index in [0.717, 1.165) is 22.6 Å². The second kappa shape index (κ2) is 3.31. The summed E-state index contributed by atoms with van der Waals surface area (Å²) in [6.07, 6.45) is -0.132. The van der Waals surface area contributed by atoms with Gasteiger partial charge < -0.3 is 5.73 Å². The van der Waals surface area contributed by atoms with E-state index in [9.17, 15) is 0 Å². The van der Waals surface area contributed by atoms with Crippen LogP contribution in [0.2, 0.25) is 0 Å². The molecule has 1 aromatic rings. The number of benzene rings is 1. The van der Waals surface area contributed by atoms with Crippen molar-refractivity contribution in [1.29, 1.82) is 0 Å². The molecule has 74 valence electrons. The van der Waals surface area contributed by atoms with Gasteiger partial charge in [0.2, 0.25) is 0 Å². The molecule has 0 saturated carbocycles. The first-order valence-electron chi connectivity index (χ1n) is 4.53. The fraction of sp³-hybridized carbons (Fsp3) is 0.300. The quantitative estimate of drug-likeness (QED) is 0.656. The number of nitrogens with one attached hydrogen (secondary N) is 1. The van der Waals surface area contributed by atoms with E-state index >= 15 is 0 Å². The van der Waals surface area contributed by atoms with Crippen LogP contribution < -0.4 is 11.2 Å². The zero-order chi connectivity index (χ0) is 10.1. The molecule has 0 aliphatic carbocycles. The lowest BCUT2D eigenvalue weighted by Gasteiger charge is -2.04. The number of hydroxylamine groups is 1. The zero-order valence-corrected chi connectivity index (χ0v) is 8.24. The molecule has 0 aromatic heterocycles. The number of hydrogen-bond acceptors (Lipinski definition) is 4. The minimum Gasteiger partial charge on any atom is -0.398 e. The third-order valence-corrected chi connectivity index (χ3v) is 2.19. The molecule has 14 heavy (non-hydrogen) atoms. The molecule has 1 heterocycles. The molecule has 1 aliphatic rings. The van der Waals surface area contributed by atoms with E-state index in [1.54, 1.807) is 0 Å². The van der Waals surface area contributed by atoms with E-state index in [4.69, 9.17) is 10.6 Å². The molecule has 3 N–H and O–H groups in total. The Labute approximate surface area is 82.7 Å². The number of amidine groups is 1. The van der Waals surface area contributed by atoms with Crippen molar-refractivity contribution in [1.82, 2.24) is 5.48 Å². The van der Waals surface area contributed by atoms with E-state index in [2.05, 4.69) is 10.5 Å². The Balaban J connectivity index is 2.34. The molecule has 0 radical (unpaired) electrons. The molecule has 1 atom stereocenters. The number of hydrogen-bond donors (Lipinski definition) is 2. The van der Waals surface area contributed by atoms with Crippen molar-refractivity contribution in [2.45, 2.75) is 20.1 Å². The van der Waals surface area contributed by atoms with Gasteiger partial charge in [-0.25, -0.2) is 15.3 Å². The average molecular weight is 191 g/mol. The molecule has 4 heteroatoms. The van der Waals surface area contributed by atoms with Gasteiger partial charge in [0.15, 0.2) is 12.1 Å². The summed E-state index contributed by atoms with van der Waals surface area (Å²) >= 11 is 0. The lowest BCUT2D eigenvalue weighted by atomic mass is 10.1. The maximum atomic E-state index is 5.80. The number of aliphatic imine (C=N–C) groups is 1. The van der Waals surface area contributed by atoms with Crippen LogP contribution in [0.4, 0.5) is 5.69 Å². The molecule has 1 aromatic carbocycles. The van der Waals surface area contributed by atoms with Crippen molar-refractivity contribution >= 4 is 11.5 Å². The molecular weight excluding hydrogens is 178 g/mol. The minimum atomic E-state index is -0.132. The normalized spacial score (nSPS) is 20.4. The summed E-state index contributed by atoms with van der Waals surface area (Å²) in [6, 6.07) is 5.83. The third-order valence-electron chi connectivity index (χ3n) is 2.19. The monoisotopic (exact) mass is 191 g/mol. The summed E-state index contributed by atoms with van der Waals surface area (Å²) in [5.41, 5.74) is 11.4. The van der Waals surface area contributed by atoms with Crippen LogP contribution in [-0.2, 0) is 4.84 Å². The number of rotatable bonds is 1. The molecule has 4 nitrogen and oxygen atoms in total. The first-order valence-corrected chi connectivity index (χ1v) is 4.53. The summed E-state index contributed by atoms with van der Waals surface area (Å²) in [5.74, 6) is 0.740. The summed E-state index contributed by atoms with van der Waals surface area (Å²) in [4.78, 5) is 9.35. The summed E-state index contributed by atoms with van der Waals surface area (Å²) in [7, 11) is 0. The predicted octanol–water partition coefficient (Wildman–Crippen LogP) is 1.20. The molecule has 0 amide bonds. The van der Waals surface area contributed by atoms with Gasteiger partial charge in [-0.05, 0) is 25.5 Å². The first kappa shape index (κ1) is 9.02. The average Bonchev–Trinajstić information content (AvgIpc) is 2.57. The van der Waals surface area contributed by atoms with E-state index in [0.29, 0.717) is 0 Å². The number of nitrogens with two attached hydrogens (primary N) is 1. The van der Waals surface area contributed by atoms with Crippen LogP contribution in [0.5, 0.6) is 0 Å². The predicted molar refractivity (Wildman–Crippen MR) is 55.8 cm³/mol. The zero-order valence-electron chi connectivity index (χ0n) is 8.24. The highest BCUT2D eigenvalue weighted by Gasteiger charge is 2.14. The smallest absolute Gasteiger partial charge is 0.174 e. The van der Waals surface area contributed by atoms with Crippen molar-refractivity contribution in [3.8, 4) is 0 Å². The van der Waals surface area contributed by atoms with Crippen LogP contribution >= 0.6 is 0 Å². The fourth-order valence-electron chi connectivity index (χ4n) is 1.30. The molecule has 0 bridgehead atoms. The van der Waals surface area contributed by atoms with Gasteiger partial charge >= 0.3 is 0 Å². The van der Waals surface area contributed by atoms with Crippen molar-refractivity contribution in [3.05, 3.63) is 29.3 Å². The van der Waals surface area contributed by atoms with Gasteiger partial charge in [-0.15, -0.1) is 0 Å². The largest absolute Gasteiger partial charge is 0.398 e. The highest BCUT2D eigenvalue weighted by atomic mass is 16.7. The van der Waals surface area contributed by atoms with Crippen LogP contribution in [-0.4, -0.2) is 12.1 Å². The van der Waals surface area contributed by atoms with Crippen LogP contribution in [0.1, 0.15) is 18.1 Å². The molecule has 0 fully saturated rings. The van der Waals surface area contributed by atoms with Gasteiger partial charge in [0.25, 0.3) is 0 Å². The molecule has 2 rings (SSSR count). The third kappa shape index (κ3) is 1.56. The highest BCUT2D eigenvalue weighted by Crippen LogP contribution is 2.15. The highest BCUT2D eigenvalue weighted by molar-refractivity contribution is 5.99. The fourth-order valence-corrected chi connectivity index (χ4v) is 1.30. The topological polar surface area (TPSA) is 59.6 Å².